The molecule has 6 nitrogen and oxygen atoms in total. The molecule has 21 heavy (non-hydrogen) atoms. The smallest absolute Gasteiger partial charge is 0.346 e. The number of aromatic amines is 1. The van der Waals surface area contributed by atoms with Gasteiger partial charge in [0.2, 0.25) is 0 Å². The molecule has 116 valence electrons. The van der Waals surface area contributed by atoms with Crippen LogP contribution in [0, 0.1) is 6.92 Å². The molecule has 1 aliphatic carbocycles. The van der Waals surface area contributed by atoms with Crippen molar-refractivity contribution < 1.29 is 9.90 Å². The van der Waals surface area contributed by atoms with Crippen LogP contribution >= 0.6 is 11.8 Å². The molecule has 1 saturated carbocycles. The van der Waals surface area contributed by atoms with Gasteiger partial charge < -0.3 is 15.0 Å². The van der Waals surface area contributed by atoms with Gasteiger partial charge in [-0.15, -0.1) is 11.8 Å². The molecule has 0 radical (unpaired) electrons. The van der Waals surface area contributed by atoms with Crippen molar-refractivity contribution in [2.45, 2.75) is 49.8 Å². The van der Waals surface area contributed by atoms with E-state index in [0.717, 1.165) is 25.7 Å². The molecule has 7 heteroatoms. The molecule has 0 spiro atoms. The number of aryl methyl sites for hydroxylation is 1. The van der Waals surface area contributed by atoms with E-state index in [1.54, 1.807) is 25.1 Å². The van der Waals surface area contributed by atoms with E-state index in [1.807, 2.05) is 0 Å². The number of nitrogens with one attached hydrogen (secondary N) is 1. The average Bonchev–Trinajstić information content (AvgIpc) is 2.45. The van der Waals surface area contributed by atoms with Crippen molar-refractivity contribution in [2.24, 2.45) is 0 Å². The van der Waals surface area contributed by atoms with Crippen molar-refractivity contribution in [3.8, 4) is 0 Å². The first-order valence-corrected chi connectivity index (χ1v) is 8.28. The van der Waals surface area contributed by atoms with Crippen molar-refractivity contribution in [1.82, 2.24) is 14.9 Å². The number of amides is 1. The molecule has 1 fully saturated rings. The second kappa shape index (κ2) is 6.62. The Hall–Kier alpha value is -1.34. The van der Waals surface area contributed by atoms with Crippen LogP contribution in [-0.2, 0) is 0 Å². The minimum Gasteiger partial charge on any atom is -0.391 e. The lowest BCUT2D eigenvalue weighted by atomic mass is 9.91. The lowest BCUT2D eigenvalue weighted by Crippen LogP contribution is -2.46. The third kappa shape index (κ3) is 3.29. The number of carbonyl (C=O) groups is 1. The number of H-pyrrole nitrogens is 1. The van der Waals surface area contributed by atoms with Crippen LogP contribution < -0.4 is 5.69 Å². The fourth-order valence-electron chi connectivity index (χ4n) is 2.83. The highest BCUT2D eigenvalue weighted by Gasteiger charge is 2.31. The summed E-state index contributed by atoms with van der Waals surface area (Å²) in [6.45, 7) is 1.70. The second-order valence-electron chi connectivity index (χ2n) is 5.39. The predicted octanol–water partition coefficient (Wildman–Crippen LogP) is 1.18. The standard InChI is InChI=1S/C14H21N3O3S/c1-8-11(12(21-3)16-14(20)15-8)13(19)17(2)9-6-4-5-7-10(9)18/h9-10,18H,4-7H2,1-3H3,(H,15,16,20). The first-order chi connectivity index (χ1) is 9.95. The van der Waals surface area contributed by atoms with E-state index in [0.29, 0.717) is 16.3 Å². The van der Waals surface area contributed by atoms with Crippen LogP contribution in [0.15, 0.2) is 9.82 Å². The molecule has 2 rings (SSSR count). The second-order valence-corrected chi connectivity index (χ2v) is 6.18. The summed E-state index contributed by atoms with van der Waals surface area (Å²) < 4.78 is 0. The Bertz CT molecular complexity index is 587. The van der Waals surface area contributed by atoms with Crippen LogP contribution in [0.1, 0.15) is 41.7 Å². The first kappa shape index (κ1) is 16.0. The van der Waals surface area contributed by atoms with Crippen LogP contribution in [0.25, 0.3) is 0 Å². The van der Waals surface area contributed by atoms with Crippen molar-refractivity contribution in [3.05, 3.63) is 21.7 Å². The Morgan fingerprint density at radius 2 is 2.10 bits per heavy atom. The number of aliphatic hydroxyl groups excluding tert-OH is 1. The van der Waals surface area contributed by atoms with E-state index >= 15 is 0 Å². The van der Waals surface area contributed by atoms with E-state index in [9.17, 15) is 14.7 Å². The molecule has 1 aromatic heterocycles. The number of aliphatic hydroxyl groups is 1. The summed E-state index contributed by atoms with van der Waals surface area (Å²) >= 11 is 1.28. The molecular weight excluding hydrogens is 290 g/mol. The molecule has 0 saturated heterocycles. The van der Waals surface area contributed by atoms with Gasteiger partial charge in [0.1, 0.15) is 5.03 Å². The number of rotatable bonds is 3. The number of likely N-dealkylation sites (N-methyl/N-ethyl adjacent to an activating group) is 1. The van der Waals surface area contributed by atoms with E-state index in [4.69, 9.17) is 0 Å². The topological polar surface area (TPSA) is 86.3 Å². The Kier molecular flexibility index (Phi) is 5.05. The van der Waals surface area contributed by atoms with E-state index in [-0.39, 0.29) is 11.9 Å². The molecule has 1 heterocycles. The lowest BCUT2D eigenvalue weighted by Gasteiger charge is -2.35. The van der Waals surface area contributed by atoms with Gasteiger partial charge in [-0.25, -0.2) is 4.79 Å². The highest BCUT2D eigenvalue weighted by molar-refractivity contribution is 7.98. The summed E-state index contributed by atoms with van der Waals surface area (Å²) in [5.74, 6) is -0.202. The summed E-state index contributed by atoms with van der Waals surface area (Å²) in [6, 6.07) is -0.174. The summed E-state index contributed by atoms with van der Waals surface area (Å²) in [5.41, 5.74) is 0.484. The van der Waals surface area contributed by atoms with Gasteiger partial charge in [-0.2, -0.15) is 4.98 Å². The van der Waals surface area contributed by atoms with Crippen molar-refractivity contribution in [2.75, 3.05) is 13.3 Å². The Morgan fingerprint density at radius 3 is 2.71 bits per heavy atom. The zero-order valence-corrected chi connectivity index (χ0v) is 13.4. The van der Waals surface area contributed by atoms with Gasteiger partial charge in [0.25, 0.3) is 5.91 Å². The van der Waals surface area contributed by atoms with Gasteiger partial charge in [0, 0.05) is 12.7 Å². The van der Waals surface area contributed by atoms with Crippen LogP contribution in [0.3, 0.4) is 0 Å². The number of hydrogen-bond donors (Lipinski definition) is 2. The number of thioether (sulfide) groups is 1. The zero-order valence-electron chi connectivity index (χ0n) is 12.5. The highest BCUT2D eigenvalue weighted by Crippen LogP contribution is 2.26. The molecule has 0 aromatic carbocycles. The molecule has 1 aliphatic rings. The van der Waals surface area contributed by atoms with Crippen molar-refractivity contribution in [3.63, 3.8) is 0 Å². The van der Waals surface area contributed by atoms with Crippen molar-refractivity contribution >= 4 is 17.7 Å². The molecular formula is C14H21N3O3S. The maximum atomic E-state index is 12.7. The van der Waals surface area contributed by atoms with Crippen LogP contribution in [-0.4, -0.2) is 51.3 Å². The van der Waals surface area contributed by atoms with E-state index in [2.05, 4.69) is 9.97 Å². The lowest BCUT2D eigenvalue weighted by molar-refractivity contribution is 0.0264. The van der Waals surface area contributed by atoms with Gasteiger partial charge in [0.05, 0.1) is 17.7 Å². The fraction of sp³-hybridized carbons (Fsp3) is 0.643. The van der Waals surface area contributed by atoms with Gasteiger partial charge in [-0.1, -0.05) is 12.8 Å². The summed E-state index contributed by atoms with van der Waals surface area (Å²) in [4.78, 5) is 32.2. The van der Waals surface area contributed by atoms with Crippen LogP contribution in [0.5, 0.6) is 0 Å². The summed E-state index contributed by atoms with van der Waals surface area (Å²) in [7, 11) is 1.70. The Balaban J connectivity index is 2.33. The minimum absolute atomic E-state index is 0.174. The minimum atomic E-state index is -0.485. The normalized spacial score (nSPS) is 22.1. The summed E-state index contributed by atoms with van der Waals surface area (Å²) in [6.07, 6.45) is 4.83. The third-order valence-electron chi connectivity index (χ3n) is 4.01. The van der Waals surface area contributed by atoms with Gasteiger partial charge >= 0.3 is 5.69 Å². The number of carbonyl (C=O) groups excluding carboxylic acids is 1. The molecule has 1 aromatic rings. The van der Waals surface area contributed by atoms with Gasteiger partial charge in [0.15, 0.2) is 0 Å². The Morgan fingerprint density at radius 1 is 1.43 bits per heavy atom. The van der Waals surface area contributed by atoms with E-state index in [1.165, 1.54) is 11.8 Å². The fourth-order valence-corrected chi connectivity index (χ4v) is 3.45. The number of nitrogens with zero attached hydrogens (tertiary/aromatic N) is 2. The maximum absolute atomic E-state index is 12.7. The van der Waals surface area contributed by atoms with Crippen LogP contribution in [0.4, 0.5) is 0 Å². The molecule has 0 aliphatic heterocycles. The molecule has 1 amide bonds. The van der Waals surface area contributed by atoms with Gasteiger partial charge in [-0.05, 0) is 26.0 Å². The van der Waals surface area contributed by atoms with Crippen molar-refractivity contribution in [1.29, 1.82) is 0 Å². The van der Waals surface area contributed by atoms with Crippen LogP contribution in [0.2, 0.25) is 0 Å². The molecule has 2 unspecified atom stereocenters. The average molecular weight is 311 g/mol. The molecule has 2 N–H and O–H groups in total. The SMILES string of the molecule is CSc1nc(=O)[nH]c(C)c1C(=O)N(C)C1CCCCC1O. The monoisotopic (exact) mass is 311 g/mol. The largest absolute Gasteiger partial charge is 0.391 e. The quantitative estimate of drug-likeness (QED) is 0.646. The molecule has 0 bridgehead atoms. The van der Waals surface area contributed by atoms with E-state index < -0.39 is 11.8 Å². The molecule has 2 atom stereocenters. The van der Waals surface area contributed by atoms with Gasteiger partial charge in [-0.3, -0.25) is 4.79 Å². The number of hydrogen-bond acceptors (Lipinski definition) is 5. The summed E-state index contributed by atoms with van der Waals surface area (Å²) in [5, 5.41) is 10.5. The zero-order chi connectivity index (χ0) is 15.6. The Labute approximate surface area is 128 Å². The predicted molar refractivity (Wildman–Crippen MR) is 81.7 cm³/mol. The maximum Gasteiger partial charge on any atom is 0.346 e. The first-order valence-electron chi connectivity index (χ1n) is 7.05. The number of aromatic nitrogens is 2. The third-order valence-corrected chi connectivity index (χ3v) is 4.69. The highest BCUT2D eigenvalue weighted by atomic mass is 32.2.